The van der Waals surface area contributed by atoms with E-state index in [2.05, 4.69) is 0 Å². The van der Waals surface area contributed by atoms with Gasteiger partial charge in [-0.25, -0.2) is 4.98 Å². The number of benzene rings is 2. The third-order valence-corrected chi connectivity index (χ3v) is 4.98. The van der Waals surface area contributed by atoms with Crippen molar-refractivity contribution in [3.8, 4) is 5.75 Å². The van der Waals surface area contributed by atoms with Crippen LogP contribution >= 0.6 is 0 Å². The molecule has 138 valence electrons. The van der Waals surface area contributed by atoms with Crippen LogP contribution in [-0.4, -0.2) is 40.6 Å². The fraction of sp³-hybridized carbons (Fsp3) is 0.273. The highest BCUT2D eigenvalue weighted by molar-refractivity contribution is 5.83. The van der Waals surface area contributed by atoms with Crippen molar-refractivity contribution >= 4 is 29.1 Å². The van der Waals surface area contributed by atoms with Crippen LogP contribution in [0.5, 0.6) is 5.75 Å². The van der Waals surface area contributed by atoms with Gasteiger partial charge in [0.05, 0.1) is 18.1 Å². The van der Waals surface area contributed by atoms with E-state index in [1.807, 2.05) is 70.1 Å². The maximum Gasteiger partial charge on any atom is 0.242 e. The van der Waals surface area contributed by atoms with E-state index >= 15 is 0 Å². The number of fused-ring (bicyclic) bond motifs is 1. The van der Waals surface area contributed by atoms with Crippen LogP contribution in [0.4, 0.5) is 0 Å². The number of likely N-dealkylation sites (tertiary alicyclic amines) is 1. The van der Waals surface area contributed by atoms with Crippen molar-refractivity contribution in [1.29, 1.82) is 0 Å². The Balaban J connectivity index is 1.64. The van der Waals surface area contributed by atoms with Gasteiger partial charge in [-0.2, -0.15) is 0 Å². The summed E-state index contributed by atoms with van der Waals surface area (Å²) in [6, 6.07) is 15.8. The molecule has 1 amide bonds. The Kier molecular flexibility index (Phi) is 4.92. The van der Waals surface area contributed by atoms with Gasteiger partial charge in [0, 0.05) is 13.1 Å². The number of amides is 1. The highest BCUT2D eigenvalue weighted by Gasteiger charge is 2.20. The van der Waals surface area contributed by atoms with E-state index in [0.29, 0.717) is 6.54 Å². The summed E-state index contributed by atoms with van der Waals surface area (Å²) in [5.41, 5.74) is 2.95. The second-order valence-electron chi connectivity index (χ2n) is 6.74. The zero-order chi connectivity index (χ0) is 18.6. The molecule has 1 fully saturated rings. The number of aromatic nitrogens is 2. The smallest absolute Gasteiger partial charge is 0.242 e. The first-order valence-electron chi connectivity index (χ1n) is 9.30. The van der Waals surface area contributed by atoms with Crippen LogP contribution in [0.1, 0.15) is 24.2 Å². The zero-order valence-corrected chi connectivity index (χ0v) is 15.5. The third-order valence-electron chi connectivity index (χ3n) is 4.98. The Morgan fingerprint density at radius 2 is 1.81 bits per heavy atom. The van der Waals surface area contributed by atoms with E-state index in [-0.39, 0.29) is 5.91 Å². The lowest BCUT2D eigenvalue weighted by molar-refractivity contribution is -0.130. The Labute approximate surface area is 158 Å². The lowest BCUT2D eigenvalue weighted by Gasteiger charge is -2.16. The van der Waals surface area contributed by atoms with Crippen molar-refractivity contribution in [1.82, 2.24) is 14.5 Å². The van der Waals surface area contributed by atoms with E-state index in [1.165, 1.54) is 0 Å². The number of rotatable bonds is 5. The number of imidazole rings is 1. The maximum atomic E-state index is 12.7. The summed E-state index contributed by atoms with van der Waals surface area (Å²) in [5.74, 6) is 1.78. The van der Waals surface area contributed by atoms with Gasteiger partial charge in [-0.3, -0.25) is 4.79 Å². The average molecular weight is 361 g/mol. The first kappa shape index (κ1) is 17.3. The molecule has 0 radical (unpaired) electrons. The molecule has 0 unspecified atom stereocenters. The molecule has 1 aromatic heterocycles. The second kappa shape index (κ2) is 7.66. The summed E-state index contributed by atoms with van der Waals surface area (Å²) in [5, 5.41) is 0. The predicted molar refractivity (Wildman–Crippen MR) is 107 cm³/mol. The highest BCUT2D eigenvalue weighted by atomic mass is 16.5. The first-order valence-corrected chi connectivity index (χ1v) is 9.30. The third kappa shape index (κ3) is 3.72. The van der Waals surface area contributed by atoms with Crippen LogP contribution in [0.25, 0.3) is 23.2 Å². The average Bonchev–Trinajstić information content (AvgIpc) is 3.35. The highest BCUT2D eigenvalue weighted by Crippen LogP contribution is 2.20. The van der Waals surface area contributed by atoms with Gasteiger partial charge in [0.25, 0.3) is 0 Å². The molecule has 3 aromatic rings. The molecule has 27 heavy (non-hydrogen) atoms. The van der Waals surface area contributed by atoms with Crippen LogP contribution in [0.15, 0.2) is 48.5 Å². The predicted octanol–water partition coefficient (Wildman–Crippen LogP) is 3.84. The second-order valence-corrected chi connectivity index (χ2v) is 6.74. The minimum atomic E-state index is 0.162. The Bertz CT molecular complexity index is 967. The lowest BCUT2D eigenvalue weighted by Crippen LogP contribution is -2.31. The molecule has 1 aliphatic heterocycles. The van der Waals surface area contributed by atoms with Gasteiger partial charge < -0.3 is 14.2 Å². The molecule has 0 aliphatic carbocycles. The molecule has 2 heterocycles. The molecule has 1 aliphatic rings. The van der Waals surface area contributed by atoms with Crippen molar-refractivity contribution in [3.63, 3.8) is 0 Å². The van der Waals surface area contributed by atoms with Crippen LogP contribution in [-0.2, 0) is 11.3 Å². The van der Waals surface area contributed by atoms with E-state index in [1.54, 1.807) is 7.11 Å². The SMILES string of the molecule is COc1ccc(/C=C/c2nc3ccccc3n2CC(=O)N2CCCC2)cc1. The van der Waals surface area contributed by atoms with Gasteiger partial charge in [0.2, 0.25) is 5.91 Å². The molecule has 5 nitrogen and oxygen atoms in total. The summed E-state index contributed by atoms with van der Waals surface area (Å²) >= 11 is 0. The molecule has 0 saturated carbocycles. The number of nitrogens with zero attached hydrogens (tertiary/aromatic N) is 3. The van der Waals surface area contributed by atoms with Crippen molar-refractivity contribution in [2.75, 3.05) is 20.2 Å². The zero-order valence-electron chi connectivity index (χ0n) is 15.5. The first-order chi connectivity index (χ1) is 13.2. The van der Waals surface area contributed by atoms with Crippen molar-refractivity contribution in [3.05, 3.63) is 59.9 Å². The van der Waals surface area contributed by atoms with Crippen LogP contribution in [0.3, 0.4) is 0 Å². The van der Waals surface area contributed by atoms with Crippen molar-refractivity contribution in [2.45, 2.75) is 19.4 Å². The summed E-state index contributed by atoms with van der Waals surface area (Å²) in [4.78, 5) is 19.4. The van der Waals surface area contributed by atoms with Crippen LogP contribution < -0.4 is 4.74 Å². The summed E-state index contributed by atoms with van der Waals surface area (Å²) in [6.07, 6.45) is 6.18. The van der Waals surface area contributed by atoms with Crippen LogP contribution in [0.2, 0.25) is 0 Å². The molecule has 4 rings (SSSR count). The fourth-order valence-corrected chi connectivity index (χ4v) is 3.48. The van der Waals surface area contributed by atoms with Gasteiger partial charge in [-0.1, -0.05) is 30.3 Å². The van der Waals surface area contributed by atoms with Crippen molar-refractivity contribution in [2.24, 2.45) is 0 Å². The van der Waals surface area contributed by atoms with E-state index < -0.39 is 0 Å². The Morgan fingerprint density at radius 1 is 1.07 bits per heavy atom. The van der Waals surface area contributed by atoms with E-state index in [0.717, 1.165) is 54.1 Å². The molecule has 0 bridgehead atoms. The minimum Gasteiger partial charge on any atom is -0.497 e. The minimum absolute atomic E-state index is 0.162. The number of ether oxygens (including phenoxy) is 1. The number of hydrogen-bond donors (Lipinski definition) is 0. The molecule has 0 atom stereocenters. The topological polar surface area (TPSA) is 47.4 Å². The van der Waals surface area contributed by atoms with Gasteiger partial charge >= 0.3 is 0 Å². The van der Waals surface area contributed by atoms with E-state index in [4.69, 9.17) is 9.72 Å². The number of carbonyl (C=O) groups excluding carboxylic acids is 1. The molecule has 1 saturated heterocycles. The number of para-hydroxylation sites is 2. The van der Waals surface area contributed by atoms with E-state index in [9.17, 15) is 4.79 Å². The van der Waals surface area contributed by atoms with Gasteiger partial charge in [0.1, 0.15) is 18.1 Å². The molecule has 2 aromatic carbocycles. The standard InChI is InChI=1S/C22H23N3O2/c1-27-18-11-8-17(9-12-18)10-13-21-23-19-6-2-3-7-20(19)25(21)16-22(26)24-14-4-5-15-24/h2-3,6-13H,4-5,14-16H2,1H3/b13-10+. The van der Waals surface area contributed by atoms with Gasteiger partial charge in [-0.05, 0) is 48.7 Å². The molecule has 5 heteroatoms. The monoisotopic (exact) mass is 361 g/mol. The summed E-state index contributed by atoms with van der Waals surface area (Å²) in [6.45, 7) is 2.05. The maximum absolute atomic E-state index is 12.7. The Hall–Kier alpha value is -3.08. The largest absolute Gasteiger partial charge is 0.497 e. The Morgan fingerprint density at radius 3 is 2.56 bits per heavy atom. The number of methoxy groups -OCH3 is 1. The number of carbonyl (C=O) groups is 1. The lowest BCUT2D eigenvalue weighted by atomic mass is 10.2. The fourth-order valence-electron chi connectivity index (χ4n) is 3.48. The summed E-state index contributed by atoms with van der Waals surface area (Å²) < 4.78 is 7.21. The molecular formula is C22H23N3O2. The van der Waals surface area contributed by atoms with Gasteiger partial charge in [-0.15, -0.1) is 0 Å². The van der Waals surface area contributed by atoms with Crippen molar-refractivity contribution < 1.29 is 9.53 Å². The number of hydrogen-bond acceptors (Lipinski definition) is 3. The van der Waals surface area contributed by atoms with Crippen LogP contribution in [0, 0.1) is 0 Å². The normalized spacial score (nSPS) is 14.3. The summed E-state index contributed by atoms with van der Waals surface area (Å²) in [7, 11) is 1.66. The molecular weight excluding hydrogens is 338 g/mol. The molecule has 0 spiro atoms. The molecule has 0 N–H and O–H groups in total. The van der Waals surface area contributed by atoms with Gasteiger partial charge in [0.15, 0.2) is 0 Å². The quantitative estimate of drug-likeness (QED) is 0.694.